The van der Waals surface area contributed by atoms with Gasteiger partial charge in [-0.2, -0.15) is 0 Å². The number of aromatic carboxylic acids is 1. The number of aliphatic hydroxyl groups is 1. The fraction of sp³-hybridized carbons (Fsp3) is 0.364. The minimum Gasteiger partial charge on any atom is -0.481 e. The van der Waals surface area contributed by atoms with E-state index in [2.05, 4.69) is 15.6 Å². The first kappa shape index (κ1) is 23.8. The summed E-state index contributed by atoms with van der Waals surface area (Å²) in [5, 5.41) is 24.5. The Morgan fingerprint density at radius 3 is 2.26 bits per heavy atom. The topological polar surface area (TPSA) is 138 Å². The number of amides is 2. The van der Waals surface area contributed by atoms with E-state index < -0.39 is 29.2 Å². The van der Waals surface area contributed by atoms with Crippen molar-refractivity contribution in [3.8, 4) is 17.0 Å². The molecule has 1 aromatic carbocycles. The van der Waals surface area contributed by atoms with Crippen LogP contribution in [-0.2, 0) is 0 Å². The molecule has 2 amide bonds. The average molecular weight is 429 g/mol. The number of carboxylic acid groups (broad SMARTS) is 1. The molecule has 0 radical (unpaired) electrons. The largest absolute Gasteiger partial charge is 0.481 e. The van der Waals surface area contributed by atoms with E-state index >= 15 is 0 Å². The van der Waals surface area contributed by atoms with E-state index in [0.29, 0.717) is 0 Å². The number of aliphatic hydroxyl groups excluding tert-OH is 1. The summed E-state index contributed by atoms with van der Waals surface area (Å²) in [6.45, 7) is 5.36. The third kappa shape index (κ3) is 5.37. The molecule has 1 heterocycles. The molecule has 31 heavy (non-hydrogen) atoms. The molecule has 0 fully saturated rings. The van der Waals surface area contributed by atoms with Crippen LogP contribution >= 0.6 is 0 Å². The molecule has 1 atom stereocenters. The first-order valence-corrected chi connectivity index (χ1v) is 9.60. The highest BCUT2D eigenvalue weighted by atomic mass is 16.5. The number of carboxylic acids is 1. The van der Waals surface area contributed by atoms with E-state index in [-0.39, 0.29) is 40.4 Å². The van der Waals surface area contributed by atoms with Crippen molar-refractivity contribution >= 4 is 17.8 Å². The molecule has 166 valence electrons. The van der Waals surface area contributed by atoms with Crippen molar-refractivity contribution in [3.63, 3.8) is 0 Å². The van der Waals surface area contributed by atoms with Crippen LogP contribution < -0.4 is 15.4 Å². The van der Waals surface area contributed by atoms with Crippen LogP contribution in [0.2, 0.25) is 0 Å². The fourth-order valence-electron chi connectivity index (χ4n) is 2.94. The van der Waals surface area contributed by atoms with Crippen molar-refractivity contribution in [3.05, 3.63) is 47.2 Å². The summed E-state index contributed by atoms with van der Waals surface area (Å²) in [7, 11) is 2.84. The molecule has 0 unspecified atom stereocenters. The van der Waals surface area contributed by atoms with E-state index in [1.54, 1.807) is 6.07 Å². The van der Waals surface area contributed by atoms with Crippen molar-refractivity contribution in [2.75, 3.05) is 20.8 Å². The minimum atomic E-state index is -1.27. The van der Waals surface area contributed by atoms with E-state index in [1.165, 1.54) is 38.4 Å². The van der Waals surface area contributed by atoms with Gasteiger partial charge < -0.3 is 25.6 Å². The Balaban J connectivity index is 2.55. The van der Waals surface area contributed by atoms with Crippen molar-refractivity contribution < 1.29 is 29.3 Å². The Bertz CT molecular complexity index is 997. The zero-order valence-electron chi connectivity index (χ0n) is 18.1. The van der Waals surface area contributed by atoms with Gasteiger partial charge >= 0.3 is 5.97 Å². The quantitative estimate of drug-likeness (QED) is 0.528. The van der Waals surface area contributed by atoms with E-state index in [0.717, 1.165) is 0 Å². The lowest BCUT2D eigenvalue weighted by molar-refractivity contribution is 0.0697. The van der Waals surface area contributed by atoms with E-state index in [9.17, 15) is 24.6 Å². The fourth-order valence-corrected chi connectivity index (χ4v) is 2.94. The maximum Gasteiger partial charge on any atom is 0.336 e. The molecule has 4 N–H and O–H groups in total. The molecule has 0 aliphatic rings. The van der Waals surface area contributed by atoms with Crippen molar-refractivity contribution in [1.82, 2.24) is 15.6 Å². The highest BCUT2D eigenvalue weighted by molar-refractivity contribution is 6.05. The van der Waals surface area contributed by atoms with Crippen molar-refractivity contribution in [2.24, 2.45) is 5.41 Å². The number of rotatable bonds is 7. The van der Waals surface area contributed by atoms with Crippen LogP contribution in [0.3, 0.4) is 0 Å². The lowest BCUT2D eigenvalue weighted by atomic mass is 9.87. The molecule has 1 aromatic heterocycles. The van der Waals surface area contributed by atoms with Gasteiger partial charge in [0.25, 0.3) is 11.8 Å². The molecule has 2 rings (SSSR count). The highest BCUT2D eigenvalue weighted by Crippen LogP contribution is 2.29. The molecule has 0 bridgehead atoms. The van der Waals surface area contributed by atoms with Gasteiger partial charge in [0.05, 0.1) is 25.3 Å². The summed E-state index contributed by atoms with van der Waals surface area (Å²) >= 11 is 0. The predicted molar refractivity (Wildman–Crippen MR) is 114 cm³/mol. The second kappa shape index (κ2) is 9.57. The molecule has 0 saturated carbocycles. The maximum atomic E-state index is 12.7. The number of hydrogen-bond donors (Lipinski definition) is 4. The van der Waals surface area contributed by atoms with Gasteiger partial charge in [-0.25, -0.2) is 9.78 Å². The number of benzene rings is 1. The normalized spacial score (nSPS) is 12.1. The van der Waals surface area contributed by atoms with Crippen LogP contribution in [0.5, 0.6) is 5.88 Å². The van der Waals surface area contributed by atoms with Crippen LogP contribution in [-0.4, -0.2) is 59.8 Å². The summed E-state index contributed by atoms with van der Waals surface area (Å²) in [6.07, 6.45) is 0. The standard InChI is InChI=1S/C22H27N3O6/c1-22(2,3)16(11-26)24-19(27)12-6-7-13(15(10-12)21(29)30)14-8-9-17(31-5)25-18(14)20(28)23-4/h6-10,16,26H,11H2,1-5H3,(H,23,28)(H,24,27)(H,29,30)/t16-/m1/s1. The Morgan fingerprint density at radius 1 is 1.10 bits per heavy atom. The number of nitrogens with zero attached hydrogens (tertiary/aromatic N) is 1. The Hall–Kier alpha value is -3.46. The predicted octanol–water partition coefficient (Wildman–Crippen LogP) is 1.95. The number of pyridine rings is 1. The first-order chi connectivity index (χ1) is 14.5. The zero-order valence-corrected chi connectivity index (χ0v) is 18.1. The number of methoxy groups -OCH3 is 1. The van der Waals surface area contributed by atoms with Crippen LogP contribution in [0.25, 0.3) is 11.1 Å². The Kier molecular flexibility index (Phi) is 7.35. The van der Waals surface area contributed by atoms with Gasteiger partial charge in [0.2, 0.25) is 5.88 Å². The second-order valence-electron chi connectivity index (χ2n) is 7.97. The van der Waals surface area contributed by atoms with E-state index in [1.807, 2.05) is 20.8 Å². The van der Waals surface area contributed by atoms with Crippen molar-refractivity contribution in [2.45, 2.75) is 26.8 Å². The molecule has 0 aliphatic carbocycles. The molecule has 0 aliphatic heterocycles. The maximum absolute atomic E-state index is 12.7. The van der Waals surface area contributed by atoms with Gasteiger partial charge in [-0.15, -0.1) is 0 Å². The number of ether oxygens (including phenoxy) is 1. The number of hydrogen-bond acceptors (Lipinski definition) is 6. The summed E-state index contributed by atoms with van der Waals surface area (Å²) in [4.78, 5) is 41.1. The van der Waals surface area contributed by atoms with Gasteiger partial charge in [-0.05, 0) is 29.2 Å². The van der Waals surface area contributed by atoms with Crippen LogP contribution in [0.4, 0.5) is 0 Å². The van der Waals surface area contributed by atoms with Gasteiger partial charge in [-0.1, -0.05) is 26.8 Å². The first-order valence-electron chi connectivity index (χ1n) is 9.60. The molecule has 9 heteroatoms. The number of aromatic nitrogens is 1. The number of carbonyl (C=O) groups excluding carboxylic acids is 2. The third-order valence-corrected chi connectivity index (χ3v) is 4.86. The van der Waals surface area contributed by atoms with E-state index in [4.69, 9.17) is 4.74 Å². The number of nitrogens with one attached hydrogen (secondary N) is 2. The third-order valence-electron chi connectivity index (χ3n) is 4.86. The summed E-state index contributed by atoms with van der Waals surface area (Å²) < 4.78 is 5.06. The Morgan fingerprint density at radius 2 is 1.74 bits per heavy atom. The molecule has 2 aromatic rings. The molecule has 0 saturated heterocycles. The van der Waals surface area contributed by atoms with Gasteiger partial charge in [0, 0.05) is 24.2 Å². The SMILES string of the molecule is CNC(=O)c1nc(OC)ccc1-c1ccc(C(=O)N[C@H](CO)C(C)(C)C)cc1C(=O)O. The number of carbonyl (C=O) groups is 3. The van der Waals surface area contributed by atoms with Gasteiger partial charge in [-0.3, -0.25) is 9.59 Å². The van der Waals surface area contributed by atoms with Gasteiger partial charge in [0.15, 0.2) is 0 Å². The zero-order chi connectivity index (χ0) is 23.3. The lowest BCUT2D eigenvalue weighted by Crippen LogP contribution is -2.46. The monoisotopic (exact) mass is 429 g/mol. The van der Waals surface area contributed by atoms with Crippen LogP contribution in [0.15, 0.2) is 30.3 Å². The average Bonchev–Trinajstić information content (AvgIpc) is 2.74. The summed E-state index contributed by atoms with van der Waals surface area (Å²) in [6, 6.07) is 6.70. The molecule has 0 spiro atoms. The Labute approximate surface area is 180 Å². The smallest absolute Gasteiger partial charge is 0.336 e. The highest BCUT2D eigenvalue weighted by Gasteiger charge is 2.27. The second-order valence-corrected chi connectivity index (χ2v) is 7.97. The van der Waals surface area contributed by atoms with Crippen molar-refractivity contribution in [1.29, 1.82) is 0 Å². The van der Waals surface area contributed by atoms with Crippen LogP contribution in [0.1, 0.15) is 52.0 Å². The summed E-state index contributed by atoms with van der Waals surface area (Å²) in [5.41, 5.74) is 0.0687. The molecule has 9 nitrogen and oxygen atoms in total. The van der Waals surface area contributed by atoms with Crippen LogP contribution in [0, 0.1) is 5.41 Å². The summed E-state index contributed by atoms with van der Waals surface area (Å²) in [5.74, 6) is -2.09. The minimum absolute atomic E-state index is 0.00497. The van der Waals surface area contributed by atoms with Gasteiger partial charge in [0.1, 0.15) is 5.69 Å². The molecular formula is C22H27N3O6. The lowest BCUT2D eigenvalue weighted by Gasteiger charge is -2.29. The molecular weight excluding hydrogens is 402 g/mol.